The van der Waals surface area contributed by atoms with E-state index in [9.17, 15) is 14.0 Å². The van der Waals surface area contributed by atoms with E-state index in [0.717, 1.165) is 10.5 Å². The summed E-state index contributed by atoms with van der Waals surface area (Å²) in [6.07, 6.45) is 1.29. The molecule has 0 aromatic heterocycles. The number of carbonyl (C=O) groups excluding carboxylic acids is 2. The summed E-state index contributed by atoms with van der Waals surface area (Å²) in [5.74, 6) is -1.38. The predicted molar refractivity (Wildman–Crippen MR) is 103 cm³/mol. The molecule has 2 heterocycles. The lowest BCUT2D eigenvalue weighted by molar-refractivity contribution is -0.130. The van der Waals surface area contributed by atoms with Crippen LogP contribution in [0.5, 0.6) is 11.5 Å². The Kier molecular flexibility index (Phi) is 4.74. The number of fused-ring (bicyclic) bond motifs is 1. The van der Waals surface area contributed by atoms with Crippen molar-refractivity contribution in [2.45, 2.75) is 6.54 Å². The molecule has 0 spiro atoms. The van der Waals surface area contributed by atoms with E-state index in [1.54, 1.807) is 12.1 Å². The average Bonchev–Trinajstić information content (AvgIpc) is 3.13. The number of rotatable bonds is 4. The maximum Gasteiger partial charge on any atom is 0.251 e. The van der Waals surface area contributed by atoms with E-state index in [-0.39, 0.29) is 18.5 Å². The molecule has 2 aliphatic heterocycles. The van der Waals surface area contributed by atoms with Gasteiger partial charge in [-0.15, -0.1) is 0 Å². The van der Waals surface area contributed by atoms with E-state index in [2.05, 4.69) is 10.3 Å². The van der Waals surface area contributed by atoms with Gasteiger partial charge in [-0.2, -0.15) is 0 Å². The molecule has 9 heteroatoms. The molecule has 142 valence electrons. The Balaban J connectivity index is 1.50. The first-order valence-electron chi connectivity index (χ1n) is 8.36. The molecule has 1 fully saturated rings. The van der Waals surface area contributed by atoms with E-state index < -0.39 is 23.5 Å². The van der Waals surface area contributed by atoms with Crippen molar-refractivity contribution >= 4 is 41.0 Å². The number of carbonyl (C=O) groups is 2. The van der Waals surface area contributed by atoms with Crippen molar-refractivity contribution in [1.29, 1.82) is 0 Å². The smallest absolute Gasteiger partial charge is 0.251 e. The van der Waals surface area contributed by atoms with Gasteiger partial charge in [-0.1, -0.05) is 6.07 Å². The highest BCUT2D eigenvalue weighted by Gasteiger charge is 2.38. The largest absolute Gasteiger partial charge is 0.454 e. The molecule has 2 aromatic rings. The first-order chi connectivity index (χ1) is 13.5. The zero-order valence-corrected chi connectivity index (χ0v) is 15.2. The second-order valence-corrected chi connectivity index (χ2v) is 6.49. The Morgan fingerprint density at radius 3 is 2.71 bits per heavy atom. The van der Waals surface area contributed by atoms with Gasteiger partial charge < -0.3 is 14.8 Å². The van der Waals surface area contributed by atoms with Crippen LogP contribution in [0.4, 0.5) is 10.1 Å². The topological polar surface area (TPSA) is 80.2 Å². The van der Waals surface area contributed by atoms with Crippen LogP contribution in [-0.4, -0.2) is 29.9 Å². The van der Waals surface area contributed by atoms with Crippen molar-refractivity contribution in [3.05, 3.63) is 53.8 Å². The van der Waals surface area contributed by atoms with Gasteiger partial charge in [0.15, 0.2) is 22.5 Å². The summed E-state index contributed by atoms with van der Waals surface area (Å²) in [6, 6.07) is 10.7. The quantitative estimate of drug-likeness (QED) is 0.484. The fraction of sp³-hybridized carbons (Fsp3) is 0.158. The van der Waals surface area contributed by atoms with Crippen LogP contribution in [0.3, 0.4) is 0 Å². The van der Waals surface area contributed by atoms with Crippen LogP contribution in [0.2, 0.25) is 0 Å². The van der Waals surface area contributed by atoms with Crippen molar-refractivity contribution in [3.63, 3.8) is 0 Å². The molecule has 4 rings (SSSR count). The van der Waals surface area contributed by atoms with E-state index in [1.807, 2.05) is 6.07 Å². The minimum Gasteiger partial charge on any atom is -0.454 e. The van der Waals surface area contributed by atoms with Gasteiger partial charge in [0.25, 0.3) is 5.91 Å². The van der Waals surface area contributed by atoms with Crippen LogP contribution in [0.15, 0.2) is 47.5 Å². The van der Waals surface area contributed by atoms with Gasteiger partial charge in [-0.3, -0.25) is 19.5 Å². The summed E-state index contributed by atoms with van der Waals surface area (Å²) >= 11 is 5.09. The lowest BCUT2D eigenvalue weighted by Gasteiger charge is -2.30. The zero-order chi connectivity index (χ0) is 19.7. The van der Waals surface area contributed by atoms with Crippen LogP contribution in [0.25, 0.3) is 0 Å². The third-order valence-electron chi connectivity index (χ3n) is 4.25. The van der Waals surface area contributed by atoms with E-state index in [4.69, 9.17) is 21.7 Å². The average molecular weight is 399 g/mol. The number of halogens is 1. The second-order valence-electron chi connectivity index (χ2n) is 6.10. The molecule has 0 saturated carbocycles. The SMILES string of the molecule is O=C1NC(=S)N(c2ccc(F)cc2)C(=O)C1C=NCc1ccc2c(c1)OCO2. The number of nitrogens with zero attached hydrogens (tertiary/aromatic N) is 2. The van der Waals surface area contributed by atoms with Crippen LogP contribution in [0.1, 0.15) is 5.56 Å². The fourth-order valence-corrected chi connectivity index (χ4v) is 3.16. The molecule has 28 heavy (non-hydrogen) atoms. The Bertz CT molecular complexity index is 993. The molecular weight excluding hydrogens is 385 g/mol. The van der Waals surface area contributed by atoms with Crippen molar-refractivity contribution in [2.24, 2.45) is 10.9 Å². The third kappa shape index (κ3) is 3.44. The van der Waals surface area contributed by atoms with Crippen molar-refractivity contribution in [1.82, 2.24) is 5.32 Å². The number of hydrogen-bond acceptors (Lipinski definition) is 6. The van der Waals surface area contributed by atoms with Gasteiger partial charge in [0, 0.05) is 6.21 Å². The number of hydrogen-bond donors (Lipinski definition) is 1. The van der Waals surface area contributed by atoms with Crippen molar-refractivity contribution in [2.75, 3.05) is 11.7 Å². The molecule has 2 aliphatic rings. The summed E-state index contributed by atoms with van der Waals surface area (Å²) < 4.78 is 23.7. The highest BCUT2D eigenvalue weighted by Crippen LogP contribution is 2.32. The van der Waals surface area contributed by atoms with Gasteiger partial charge in [-0.25, -0.2) is 4.39 Å². The van der Waals surface area contributed by atoms with Crippen LogP contribution < -0.4 is 19.7 Å². The summed E-state index contributed by atoms with van der Waals surface area (Å²) in [7, 11) is 0. The molecule has 7 nitrogen and oxygen atoms in total. The summed E-state index contributed by atoms with van der Waals surface area (Å²) in [5, 5.41) is 2.43. The van der Waals surface area contributed by atoms with Gasteiger partial charge in [0.05, 0.1) is 12.2 Å². The van der Waals surface area contributed by atoms with Gasteiger partial charge in [0.2, 0.25) is 12.7 Å². The minimum atomic E-state index is -1.13. The molecule has 1 saturated heterocycles. The highest BCUT2D eigenvalue weighted by atomic mass is 32.1. The number of amides is 2. The van der Waals surface area contributed by atoms with Crippen LogP contribution in [-0.2, 0) is 16.1 Å². The maximum atomic E-state index is 13.2. The molecular formula is C19H14FN3O4S. The normalized spacial score (nSPS) is 18.7. The Morgan fingerprint density at radius 2 is 1.93 bits per heavy atom. The van der Waals surface area contributed by atoms with Crippen molar-refractivity contribution < 1.29 is 23.5 Å². The molecule has 1 N–H and O–H groups in total. The number of aliphatic imine (C=N–C) groups is 1. The second kappa shape index (κ2) is 7.35. The Morgan fingerprint density at radius 1 is 1.18 bits per heavy atom. The summed E-state index contributed by atoms with van der Waals surface area (Å²) in [6.45, 7) is 0.437. The minimum absolute atomic E-state index is 0.0537. The standard InChI is InChI=1S/C19H14FN3O4S/c20-12-2-4-13(5-3-12)23-18(25)14(17(24)22-19(23)28)9-21-8-11-1-6-15-16(7-11)27-10-26-15/h1-7,9,14H,8,10H2,(H,22,24,28). The monoisotopic (exact) mass is 399 g/mol. The molecule has 0 bridgehead atoms. The summed E-state index contributed by atoms with van der Waals surface area (Å²) in [4.78, 5) is 30.4. The number of nitrogens with one attached hydrogen (secondary N) is 1. The first kappa shape index (κ1) is 18.1. The van der Waals surface area contributed by atoms with E-state index in [0.29, 0.717) is 17.2 Å². The van der Waals surface area contributed by atoms with Gasteiger partial charge in [0.1, 0.15) is 5.82 Å². The van der Waals surface area contributed by atoms with Crippen molar-refractivity contribution in [3.8, 4) is 11.5 Å². The number of thiocarbonyl (C=S) groups is 1. The maximum absolute atomic E-state index is 13.2. The molecule has 1 atom stereocenters. The molecule has 0 aliphatic carbocycles. The molecule has 2 amide bonds. The lowest BCUT2D eigenvalue weighted by atomic mass is 10.1. The number of anilines is 1. The highest BCUT2D eigenvalue weighted by molar-refractivity contribution is 7.80. The Hall–Kier alpha value is -3.33. The fourth-order valence-electron chi connectivity index (χ4n) is 2.86. The lowest BCUT2D eigenvalue weighted by Crippen LogP contribution is -2.58. The first-order valence-corrected chi connectivity index (χ1v) is 8.76. The van der Waals surface area contributed by atoms with Crippen LogP contribution in [0, 0.1) is 11.7 Å². The third-order valence-corrected chi connectivity index (χ3v) is 4.54. The van der Waals surface area contributed by atoms with E-state index in [1.165, 1.54) is 30.5 Å². The zero-order valence-electron chi connectivity index (χ0n) is 14.4. The number of benzene rings is 2. The molecule has 1 unspecified atom stereocenters. The van der Waals surface area contributed by atoms with E-state index >= 15 is 0 Å². The summed E-state index contributed by atoms with van der Waals surface area (Å²) in [5.41, 5.74) is 1.21. The Labute approximate surface area is 164 Å². The number of ether oxygens (including phenoxy) is 2. The van der Waals surface area contributed by atoms with Crippen LogP contribution >= 0.6 is 12.2 Å². The predicted octanol–water partition coefficient (Wildman–Crippen LogP) is 2.19. The molecule has 2 aromatic carbocycles. The van der Waals surface area contributed by atoms with Gasteiger partial charge in [-0.05, 0) is 54.2 Å². The molecule has 0 radical (unpaired) electrons. The van der Waals surface area contributed by atoms with Gasteiger partial charge >= 0.3 is 0 Å².